The molecular formula is C14H17BrFN3. The summed E-state index contributed by atoms with van der Waals surface area (Å²) in [6.07, 6.45) is 0. The van der Waals surface area contributed by atoms with Crippen molar-refractivity contribution in [2.45, 2.75) is 32.6 Å². The van der Waals surface area contributed by atoms with Crippen molar-refractivity contribution in [3.05, 3.63) is 35.4 Å². The maximum absolute atomic E-state index is 13.5. The Morgan fingerprint density at radius 1 is 1.26 bits per heavy atom. The molecule has 0 atom stereocenters. The Balaban J connectivity index is 2.51. The fourth-order valence-electron chi connectivity index (χ4n) is 2.07. The molecule has 0 aliphatic carbocycles. The molecule has 0 fully saturated rings. The molecule has 3 nitrogen and oxygen atoms in total. The van der Waals surface area contributed by atoms with Gasteiger partial charge in [-0.25, -0.2) is 4.39 Å². The Kier molecular flexibility index (Phi) is 4.34. The van der Waals surface area contributed by atoms with Gasteiger partial charge in [0.15, 0.2) is 5.82 Å². The van der Waals surface area contributed by atoms with Gasteiger partial charge in [0, 0.05) is 12.1 Å². The molecule has 1 heterocycles. The van der Waals surface area contributed by atoms with Crippen LogP contribution in [0.4, 0.5) is 4.39 Å². The van der Waals surface area contributed by atoms with Gasteiger partial charge in [-0.1, -0.05) is 29.8 Å². The van der Waals surface area contributed by atoms with E-state index in [1.54, 1.807) is 0 Å². The Labute approximate surface area is 121 Å². The maximum atomic E-state index is 13.5. The Hall–Kier alpha value is -1.23. The molecule has 0 unspecified atom stereocenters. The van der Waals surface area contributed by atoms with Crippen molar-refractivity contribution >= 4 is 15.9 Å². The third kappa shape index (κ3) is 3.21. The minimum atomic E-state index is -0.241. The first kappa shape index (κ1) is 14.2. The second-order valence-electron chi connectivity index (χ2n) is 5.10. The monoisotopic (exact) mass is 325 g/mol. The van der Waals surface area contributed by atoms with Crippen LogP contribution >= 0.6 is 15.9 Å². The van der Waals surface area contributed by atoms with E-state index < -0.39 is 0 Å². The van der Waals surface area contributed by atoms with E-state index in [9.17, 15) is 4.39 Å². The quantitative estimate of drug-likeness (QED) is 0.797. The average molecular weight is 326 g/mol. The van der Waals surface area contributed by atoms with Crippen molar-refractivity contribution in [1.29, 1.82) is 0 Å². The molecule has 2 aromatic rings. The molecule has 0 aliphatic rings. The lowest BCUT2D eigenvalue weighted by Gasteiger charge is -2.12. The van der Waals surface area contributed by atoms with Gasteiger partial charge in [0.05, 0.1) is 5.33 Å². The molecule has 0 aliphatic heterocycles. The average Bonchev–Trinajstić information content (AvgIpc) is 2.69. The summed E-state index contributed by atoms with van der Waals surface area (Å²) in [6.45, 7) is 6.97. The maximum Gasteiger partial charge on any atom is 0.164 e. The molecule has 0 amide bonds. The summed E-state index contributed by atoms with van der Waals surface area (Å²) in [5.74, 6) is 1.83. The second-order valence-corrected chi connectivity index (χ2v) is 5.66. The van der Waals surface area contributed by atoms with Gasteiger partial charge in [-0.15, -0.1) is 10.2 Å². The van der Waals surface area contributed by atoms with E-state index in [4.69, 9.17) is 0 Å². The molecule has 0 saturated carbocycles. The molecule has 0 spiro atoms. The Morgan fingerprint density at radius 2 is 2.00 bits per heavy atom. The van der Waals surface area contributed by atoms with Crippen LogP contribution in [-0.2, 0) is 11.9 Å². The Bertz CT molecular complexity index is 558. The summed E-state index contributed by atoms with van der Waals surface area (Å²) in [4.78, 5) is 0. The van der Waals surface area contributed by atoms with Crippen LogP contribution in [0, 0.1) is 18.7 Å². The van der Waals surface area contributed by atoms with Gasteiger partial charge >= 0.3 is 0 Å². The van der Waals surface area contributed by atoms with E-state index in [1.807, 2.05) is 17.6 Å². The number of benzene rings is 1. The van der Waals surface area contributed by atoms with Crippen LogP contribution in [0.1, 0.15) is 25.2 Å². The smallest absolute Gasteiger partial charge is 0.164 e. The van der Waals surface area contributed by atoms with Crippen LogP contribution in [0.3, 0.4) is 0 Å². The van der Waals surface area contributed by atoms with E-state index in [2.05, 4.69) is 40.0 Å². The van der Waals surface area contributed by atoms with E-state index in [0.717, 1.165) is 29.3 Å². The topological polar surface area (TPSA) is 30.7 Å². The molecule has 0 N–H and O–H groups in total. The van der Waals surface area contributed by atoms with Crippen LogP contribution < -0.4 is 0 Å². The van der Waals surface area contributed by atoms with E-state index in [1.165, 1.54) is 12.1 Å². The highest BCUT2D eigenvalue weighted by Crippen LogP contribution is 2.23. The van der Waals surface area contributed by atoms with Crippen molar-refractivity contribution in [2.75, 3.05) is 0 Å². The number of alkyl halides is 1. The van der Waals surface area contributed by atoms with Gasteiger partial charge in [-0.3, -0.25) is 0 Å². The van der Waals surface area contributed by atoms with Crippen molar-refractivity contribution < 1.29 is 4.39 Å². The fourth-order valence-corrected chi connectivity index (χ4v) is 2.48. The summed E-state index contributed by atoms with van der Waals surface area (Å²) in [7, 11) is 0. The van der Waals surface area contributed by atoms with Crippen molar-refractivity contribution in [2.24, 2.45) is 5.92 Å². The SMILES string of the molecule is Cc1cc(F)cc(-c2nnc(CBr)n2CC(C)C)c1. The van der Waals surface area contributed by atoms with E-state index >= 15 is 0 Å². The number of halogens is 2. The van der Waals surface area contributed by atoms with Crippen molar-refractivity contribution in [1.82, 2.24) is 14.8 Å². The summed E-state index contributed by atoms with van der Waals surface area (Å²) in [6, 6.07) is 4.95. The second kappa shape index (κ2) is 5.82. The molecule has 0 bridgehead atoms. The molecule has 0 radical (unpaired) electrons. The molecule has 102 valence electrons. The first-order valence-corrected chi connectivity index (χ1v) is 7.39. The van der Waals surface area contributed by atoms with E-state index in [0.29, 0.717) is 11.2 Å². The minimum absolute atomic E-state index is 0.241. The standard InChI is InChI=1S/C14H17BrFN3/c1-9(2)8-19-13(7-15)17-18-14(19)11-4-10(3)5-12(16)6-11/h4-6,9H,7-8H2,1-3H3. The zero-order valence-corrected chi connectivity index (χ0v) is 12.9. The number of rotatable bonds is 4. The summed E-state index contributed by atoms with van der Waals surface area (Å²) in [5.41, 5.74) is 1.66. The van der Waals surface area contributed by atoms with Crippen molar-refractivity contribution in [3.63, 3.8) is 0 Å². The first-order valence-electron chi connectivity index (χ1n) is 6.27. The van der Waals surface area contributed by atoms with Crippen LogP contribution in [0.5, 0.6) is 0 Å². The van der Waals surface area contributed by atoms with Crippen molar-refractivity contribution in [3.8, 4) is 11.4 Å². The fraction of sp³-hybridized carbons (Fsp3) is 0.429. The zero-order valence-electron chi connectivity index (χ0n) is 11.3. The number of hydrogen-bond acceptors (Lipinski definition) is 2. The molecule has 1 aromatic carbocycles. The molecule has 19 heavy (non-hydrogen) atoms. The number of aromatic nitrogens is 3. The third-order valence-electron chi connectivity index (χ3n) is 2.79. The van der Waals surface area contributed by atoms with E-state index in [-0.39, 0.29) is 5.82 Å². The molecule has 5 heteroatoms. The summed E-state index contributed by atoms with van der Waals surface area (Å²) >= 11 is 3.42. The highest BCUT2D eigenvalue weighted by molar-refractivity contribution is 9.08. The molecule has 0 saturated heterocycles. The Morgan fingerprint density at radius 3 is 2.58 bits per heavy atom. The first-order chi connectivity index (χ1) is 9.01. The summed E-state index contributed by atoms with van der Waals surface area (Å²) in [5, 5.41) is 9.02. The lowest BCUT2D eigenvalue weighted by molar-refractivity contribution is 0.516. The molecule has 2 rings (SSSR count). The highest BCUT2D eigenvalue weighted by atomic mass is 79.9. The normalized spacial score (nSPS) is 11.3. The lowest BCUT2D eigenvalue weighted by atomic mass is 10.1. The lowest BCUT2D eigenvalue weighted by Crippen LogP contribution is -2.09. The minimum Gasteiger partial charge on any atom is -0.310 e. The van der Waals surface area contributed by atoms with Gasteiger partial charge in [-0.2, -0.15) is 0 Å². The van der Waals surface area contributed by atoms with Crippen LogP contribution in [-0.4, -0.2) is 14.8 Å². The molecular weight excluding hydrogens is 309 g/mol. The number of aryl methyl sites for hydroxylation is 1. The predicted molar refractivity (Wildman–Crippen MR) is 77.6 cm³/mol. The summed E-state index contributed by atoms with van der Waals surface area (Å²) < 4.78 is 15.6. The van der Waals surface area contributed by atoms with Gasteiger partial charge in [-0.05, 0) is 36.6 Å². The van der Waals surface area contributed by atoms with Crippen LogP contribution in [0.25, 0.3) is 11.4 Å². The van der Waals surface area contributed by atoms with Gasteiger partial charge in [0.25, 0.3) is 0 Å². The van der Waals surface area contributed by atoms with Gasteiger partial charge < -0.3 is 4.57 Å². The highest BCUT2D eigenvalue weighted by Gasteiger charge is 2.15. The van der Waals surface area contributed by atoms with Crippen LogP contribution in [0.15, 0.2) is 18.2 Å². The van der Waals surface area contributed by atoms with Crippen LogP contribution in [0.2, 0.25) is 0 Å². The largest absolute Gasteiger partial charge is 0.310 e. The predicted octanol–water partition coefficient (Wildman–Crippen LogP) is 3.94. The zero-order chi connectivity index (χ0) is 14.0. The number of nitrogens with zero attached hydrogens (tertiary/aromatic N) is 3. The van der Waals surface area contributed by atoms with Gasteiger partial charge in [0.2, 0.25) is 0 Å². The molecule has 1 aromatic heterocycles. The van der Waals surface area contributed by atoms with Gasteiger partial charge in [0.1, 0.15) is 11.6 Å². The number of hydrogen-bond donors (Lipinski definition) is 0. The third-order valence-corrected chi connectivity index (χ3v) is 3.30.